The predicted molar refractivity (Wildman–Crippen MR) is 143 cm³/mol. The summed E-state index contributed by atoms with van der Waals surface area (Å²) < 4.78 is 68.0. The molecule has 1 atom stereocenters. The van der Waals surface area contributed by atoms with Gasteiger partial charge < -0.3 is 14.0 Å². The number of carbonyl (C=O) groups excluding carboxylic acids is 1. The number of nitrogens with zero attached hydrogens (tertiary/aromatic N) is 6. The summed E-state index contributed by atoms with van der Waals surface area (Å²) in [6, 6.07) is 11.2. The molecule has 1 unspecified atom stereocenters. The number of carbonyl (C=O) groups is 1. The van der Waals surface area contributed by atoms with Crippen molar-refractivity contribution in [1.29, 1.82) is 0 Å². The van der Waals surface area contributed by atoms with E-state index in [0.29, 0.717) is 6.42 Å². The van der Waals surface area contributed by atoms with Crippen molar-refractivity contribution in [2.45, 2.75) is 32.5 Å². The summed E-state index contributed by atoms with van der Waals surface area (Å²) in [4.78, 5) is 25.9. The van der Waals surface area contributed by atoms with Gasteiger partial charge in [-0.2, -0.15) is 23.4 Å². The fourth-order valence-corrected chi connectivity index (χ4v) is 4.27. The molecule has 0 bridgehead atoms. The van der Waals surface area contributed by atoms with Crippen molar-refractivity contribution in [2.75, 3.05) is 13.2 Å². The van der Waals surface area contributed by atoms with Gasteiger partial charge in [0.15, 0.2) is 17.7 Å². The van der Waals surface area contributed by atoms with Gasteiger partial charge in [0.05, 0.1) is 42.1 Å². The smallest absolute Gasteiger partial charge is 0.417 e. The number of hydrogen-bond acceptors (Lipinski definition) is 8. The molecule has 2 aliphatic rings. The summed E-state index contributed by atoms with van der Waals surface area (Å²) >= 11 is 0. The van der Waals surface area contributed by atoms with Crippen molar-refractivity contribution < 1.29 is 31.8 Å². The molecule has 5 rings (SSSR count). The van der Waals surface area contributed by atoms with E-state index in [1.54, 1.807) is 19.1 Å². The number of aromatic nitrogens is 6. The van der Waals surface area contributed by atoms with Crippen LogP contribution in [0.4, 0.5) is 17.6 Å². The molecule has 0 spiro atoms. The highest BCUT2D eigenvalue weighted by Crippen LogP contribution is 2.39. The maximum atomic E-state index is 14.3. The van der Waals surface area contributed by atoms with Crippen LogP contribution in [-0.4, -0.2) is 48.9 Å². The Morgan fingerprint density at radius 3 is 2.45 bits per heavy atom. The van der Waals surface area contributed by atoms with Crippen molar-refractivity contribution in [3.8, 4) is 39.9 Å². The maximum absolute atomic E-state index is 14.3. The summed E-state index contributed by atoms with van der Waals surface area (Å²) in [6.45, 7) is 3.82. The normalized spacial score (nSPS) is 12.3. The minimum Gasteiger partial charge on any atom is -0.494 e. The number of rotatable bonds is 9. The summed E-state index contributed by atoms with van der Waals surface area (Å²) in [5.41, 5.74) is -0.617. The van der Waals surface area contributed by atoms with Crippen LogP contribution in [-0.2, 0) is 15.7 Å². The lowest BCUT2D eigenvalue weighted by Crippen LogP contribution is -2.25. The predicted octanol–water partition coefficient (Wildman–Crippen LogP) is 6.00. The van der Waals surface area contributed by atoms with Crippen LogP contribution in [0.5, 0.6) is 5.75 Å². The van der Waals surface area contributed by atoms with Crippen LogP contribution < -0.4 is 4.74 Å². The second kappa shape index (κ2) is 11.9. The largest absolute Gasteiger partial charge is 0.494 e. The zero-order valence-electron chi connectivity index (χ0n) is 22.5. The Hall–Kier alpha value is -4.94. The topological polar surface area (TPSA) is 105 Å². The van der Waals surface area contributed by atoms with Gasteiger partial charge >= 0.3 is 12.1 Å². The molecule has 3 heterocycles. The number of alkyl halides is 3. The fourth-order valence-electron chi connectivity index (χ4n) is 4.27. The van der Waals surface area contributed by atoms with Gasteiger partial charge in [-0.15, -0.1) is 0 Å². The Labute approximate surface area is 237 Å². The van der Waals surface area contributed by atoms with E-state index >= 15 is 0 Å². The first kappa shape index (κ1) is 28.6. The molecule has 2 aliphatic heterocycles. The van der Waals surface area contributed by atoms with Crippen LogP contribution in [0.1, 0.15) is 37.6 Å². The van der Waals surface area contributed by atoms with Crippen molar-refractivity contribution in [1.82, 2.24) is 29.7 Å². The molecule has 216 valence electrons. The third-order valence-electron chi connectivity index (χ3n) is 6.19. The van der Waals surface area contributed by atoms with E-state index in [2.05, 4.69) is 25.1 Å². The molecule has 2 aromatic carbocycles. The Kier molecular flexibility index (Phi) is 8.09. The molecule has 3 aromatic rings. The molecule has 42 heavy (non-hydrogen) atoms. The van der Waals surface area contributed by atoms with Crippen molar-refractivity contribution in [2.24, 2.45) is 0 Å². The van der Waals surface area contributed by atoms with E-state index in [1.807, 2.05) is 6.92 Å². The summed E-state index contributed by atoms with van der Waals surface area (Å²) in [5, 5.41) is 8.11. The average Bonchev–Trinajstić information content (AvgIpc) is 3.40. The van der Waals surface area contributed by atoms with Crippen LogP contribution in [0.25, 0.3) is 34.2 Å². The molecule has 0 saturated carbocycles. The number of halogens is 4. The third-order valence-corrected chi connectivity index (χ3v) is 6.19. The van der Waals surface area contributed by atoms with Gasteiger partial charge in [-0.05, 0) is 55.8 Å². The summed E-state index contributed by atoms with van der Waals surface area (Å²) in [6.07, 6.45) is -1.24. The van der Waals surface area contributed by atoms with E-state index in [1.165, 1.54) is 53.5 Å². The highest BCUT2D eigenvalue weighted by Gasteiger charge is 2.35. The molecule has 0 saturated heterocycles. The van der Waals surface area contributed by atoms with Crippen LogP contribution in [0.15, 0.2) is 67.1 Å². The molecule has 1 aromatic heterocycles. The highest BCUT2D eigenvalue weighted by molar-refractivity contribution is 5.78. The number of imidazole rings is 1. The highest BCUT2D eigenvalue weighted by atomic mass is 19.4. The first-order valence-corrected chi connectivity index (χ1v) is 13.0. The number of ether oxygens (including phenoxy) is 2. The quantitative estimate of drug-likeness (QED) is 0.154. The molecule has 0 radical (unpaired) electrons. The van der Waals surface area contributed by atoms with Crippen molar-refractivity contribution >= 4 is 5.97 Å². The first-order chi connectivity index (χ1) is 20.2. The Morgan fingerprint density at radius 2 is 1.76 bits per heavy atom. The fraction of sp³-hybridized carbons (Fsp3) is 0.241. The zero-order chi connectivity index (χ0) is 29.9. The minimum absolute atomic E-state index is 0.0502. The second-order valence-corrected chi connectivity index (χ2v) is 9.11. The van der Waals surface area contributed by atoms with Crippen LogP contribution in [0.3, 0.4) is 0 Å². The average molecular weight is 581 g/mol. The van der Waals surface area contributed by atoms with Gasteiger partial charge in [-0.1, -0.05) is 19.1 Å². The molecule has 0 N–H and O–H groups in total. The molecule has 13 heteroatoms. The zero-order valence-corrected chi connectivity index (χ0v) is 22.5. The molecule has 0 aliphatic carbocycles. The molecular weight excluding hydrogens is 556 g/mol. The van der Waals surface area contributed by atoms with Crippen LogP contribution in [0, 0.1) is 5.82 Å². The Balaban J connectivity index is 1.51. The summed E-state index contributed by atoms with van der Waals surface area (Å²) in [5.74, 6) is -0.769. The van der Waals surface area contributed by atoms with E-state index in [-0.39, 0.29) is 58.8 Å². The van der Waals surface area contributed by atoms with Gasteiger partial charge in [0.25, 0.3) is 0 Å². The number of benzene rings is 2. The molecule has 0 fully saturated rings. The molecule has 0 amide bonds. The molecular formula is C29H24F4N6O3. The van der Waals surface area contributed by atoms with Gasteiger partial charge in [-0.3, -0.25) is 0 Å². The van der Waals surface area contributed by atoms with E-state index in [4.69, 9.17) is 9.47 Å². The van der Waals surface area contributed by atoms with E-state index in [0.717, 1.165) is 6.07 Å². The maximum Gasteiger partial charge on any atom is 0.417 e. The second-order valence-electron chi connectivity index (χ2n) is 9.11. The Morgan fingerprint density at radius 1 is 0.952 bits per heavy atom. The number of esters is 1. The van der Waals surface area contributed by atoms with Gasteiger partial charge in [0.2, 0.25) is 0 Å². The van der Waals surface area contributed by atoms with Gasteiger partial charge in [0, 0.05) is 11.8 Å². The monoisotopic (exact) mass is 580 g/mol. The summed E-state index contributed by atoms with van der Waals surface area (Å²) in [7, 11) is 0. The SMILES string of the molecule is CCCOc1ccc(-c2ccc(C(C(=O)OCC)n3cnc4nc(-c5ccccc5F)nc-4c3)nn2)c(C(F)(F)F)c1. The van der Waals surface area contributed by atoms with E-state index in [9.17, 15) is 22.4 Å². The standard InChI is InChI=1S/C29H24F4N6O3/c1-3-13-42-17-9-10-18(20(14-17)29(31,32)33)22-11-12-23(38-37-22)25(28(40)41-4-2)39-15-24-27(34-16-39)36-26(35-24)19-7-5-6-8-21(19)30/h5-12,14-16,25H,3-4,13H2,1-2H3. The number of fused-ring (bicyclic) bond motifs is 1. The van der Waals surface area contributed by atoms with Crippen molar-refractivity contribution in [3.05, 3.63) is 84.2 Å². The van der Waals surface area contributed by atoms with Gasteiger partial charge in [0.1, 0.15) is 17.3 Å². The lowest BCUT2D eigenvalue weighted by molar-refractivity contribution is -0.146. The van der Waals surface area contributed by atoms with Crippen LogP contribution in [0.2, 0.25) is 0 Å². The third kappa shape index (κ3) is 5.90. The number of hydrogen-bond donors (Lipinski definition) is 0. The molecule has 9 nitrogen and oxygen atoms in total. The van der Waals surface area contributed by atoms with Crippen molar-refractivity contribution in [3.63, 3.8) is 0 Å². The van der Waals surface area contributed by atoms with E-state index < -0.39 is 29.6 Å². The minimum atomic E-state index is -4.67. The van der Waals surface area contributed by atoms with Crippen LogP contribution >= 0.6 is 0 Å². The lowest BCUT2D eigenvalue weighted by atomic mass is 10.0. The first-order valence-electron chi connectivity index (χ1n) is 13.0. The van der Waals surface area contributed by atoms with Gasteiger partial charge in [-0.25, -0.2) is 24.1 Å². The Bertz CT molecular complexity index is 1670. The lowest BCUT2D eigenvalue weighted by Gasteiger charge is -2.19.